The van der Waals surface area contributed by atoms with Crippen molar-refractivity contribution in [2.75, 3.05) is 15.4 Å². The minimum Gasteiger partial charge on any atom is -0.305 e. The molecule has 0 radical (unpaired) electrons. The van der Waals surface area contributed by atoms with E-state index in [1.165, 1.54) is 0 Å². The fourth-order valence-electron chi connectivity index (χ4n) is 3.02. The lowest BCUT2D eigenvalue weighted by Gasteiger charge is -2.23. The maximum atomic E-state index is 13.0. The number of benzene rings is 2. The molecule has 1 heterocycles. The molecule has 1 N–H and O–H groups in total. The minimum absolute atomic E-state index is 0.0173. The Labute approximate surface area is 156 Å². The van der Waals surface area contributed by atoms with Crippen LogP contribution in [-0.2, 0) is 16.4 Å². The molecular weight excluding hydrogens is 404 g/mol. The number of carbonyl (C=O) groups excluding carboxylic acids is 1. The van der Waals surface area contributed by atoms with Gasteiger partial charge in [-0.15, -0.1) is 0 Å². The zero-order valence-corrected chi connectivity index (χ0v) is 16.4. The third kappa shape index (κ3) is 3.72. The van der Waals surface area contributed by atoms with E-state index in [9.17, 15) is 13.2 Å². The highest BCUT2D eigenvalue weighted by atomic mass is 79.9. The van der Waals surface area contributed by atoms with Crippen LogP contribution >= 0.6 is 15.9 Å². The quantitative estimate of drug-likeness (QED) is 0.814. The smallest absolute Gasteiger partial charge is 0.258 e. The normalized spacial score (nSPS) is 16.6. The number of carbonyl (C=O) groups is 1. The number of sulfonamides is 1. The summed E-state index contributed by atoms with van der Waals surface area (Å²) < 4.78 is 27.0. The van der Waals surface area contributed by atoms with Crippen LogP contribution in [0.5, 0.6) is 0 Å². The van der Waals surface area contributed by atoms with Crippen LogP contribution in [0.15, 0.2) is 46.9 Å². The van der Waals surface area contributed by atoms with Crippen molar-refractivity contribution >= 4 is 43.2 Å². The Bertz CT molecular complexity index is 928. The highest BCUT2D eigenvalue weighted by Crippen LogP contribution is 2.35. The molecule has 132 valence electrons. The standard InChI is InChI=1S/C18H19BrN2O3S/c1-3-25(23,24)20-16-6-4-5-13(11-16)18(22)21-12(2)9-14-10-15(19)7-8-17(14)21/h4-8,10-12,20H,3,9H2,1-2H3. The van der Waals surface area contributed by atoms with Crippen LogP contribution in [0.25, 0.3) is 0 Å². The third-order valence-electron chi connectivity index (χ3n) is 4.24. The van der Waals surface area contributed by atoms with E-state index in [0.717, 1.165) is 22.1 Å². The fraction of sp³-hybridized carbons (Fsp3) is 0.278. The van der Waals surface area contributed by atoms with Crippen LogP contribution < -0.4 is 9.62 Å². The Morgan fingerprint density at radius 3 is 2.76 bits per heavy atom. The van der Waals surface area contributed by atoms with E-state index in [0.29, 0.717) is 11.3 Å². The highest BCUT2D eigenvalue weighted by molar-refractivity contribution is 9.10. The molecule has 5 nitrogen and oxygen atoms in total. The van der Waals surface area contributed by atoms with Crippen molar-refractivity contribution in [2.24, 2.45) is 0 Å². The molecule has 0 bridgehead atoms. The molecule has 0 saturated carbocycles. The molecule has 0 aromatic heterocycles. The Kier molecular flexibility index (Phi) is 4.88. The SMILES string of the molecule is CCS(=O)(=O)Nc1cccc(C(=O)N2c3ccc(Br)cc3CC2C)c1. The van der Waals surface area contributed by atoms with E-state index in [1.807, 2.05) is 25.1 Å². The minimum atomic E-state index is -3.38. The van der Waals surface area contributed by atoms with Gasteiger partial charge in [0.1, 0.15) is 0 Å². The van der Waals surface area contributed by atoms with Gasteiger partial charge in [0.2, 0.25) is 10.0 Å². The number of hydrogen-bond donors (Lipinski definition) is 1. The topological polar surface area (TPSA) is 66.5 Å². The first kappa shape index (κ1) is 17.9. The van der Waals surface area contributed by atoms with Gasteiger partial charge in [0.05, 0.1) is 5.75 Å². The van der Waals surface area contributed by atoms with Crippen LogP contribution in [0.4, 0.5) is 11.4 Å². The summed E-state index contributed by atoms with van der Waals surface area (Å²) in [7, 11) is -3.38. The zero-order chi connectivity index (χ0) is 18.2. The molecule has 1 atom stereocenters. The maximum absolute atomic E-state index is 13.0. The number of nitrogens with one attached hydrogen (secondary N) is 1. The molecule has 2 aromatic rings. The summed E-state index contributed by atoms with van der Waals surface area (Å²) in [6.07, 6.45) is 0.794. The van der Waals surface area contributed by atoms with Crippen molar-refractivity contribution in [3.63, 3.8) is 0 Å². The number of halogens is 1. The van der Waals surface area contributed by atoms with E-state index >= 15 is 0 Å². The Balaban J connectivity index is 1.92. The van der Waals surface area contributed by atoms with Gasteiger partial charge < -0.3 is 4.90 Å². The molecule has 1 amide bonds. The first-order chi connectivity index (χ1) is 11.8. The lowest BCUT2D eigenvalue weighted by Crippen LogP contribution is -2.35. The fourth-order valence-corrected chi connectivity index (χ4v) is 4.05. The van der Waals surface area contributed by atoms with Crippen molar-refractivity contribution in [3.8, 4) is 0 Å². The summed E-state index contributed by atoms with van der Waals surface area (Å²) in [5, 5.41) is 0. The third-order valence-corrected chi connectivity index (χ3v) is 6.04. The van der Waals surface area contributed by atoms with E-state index < -0.39 is 10.0 Å². The molecule has 0 fully saturated rings. The van der Waals surface area contributed by atoms with Gasteiger partial charge in [0.25, 0.3) is 5.91 Å². The van der Waals surface area contributed by atoms with Gasteiger partial charge in [0.15, 0.2) is 0 Å². The highest BCUT2D eigenvalue weighted by Gasteiger charge is 2.31. The molecule has 1 unspecified atom stereocenters. The van der Waals surface area contributed by atoms with Crippen molar-refractivity contribution < 1.29 is 13.2 Å². The lowest BCUT2D eigenvalue weighted by atomic mass is 10.1. The van der Waals surface area contributed by atoms with Crippen molar-refractivity contribution in [1.82, 2.24) is 0 Å². The molecule has 0 spiro atoms. The number of amides is 1. The molecule has 25 heavy (non-hydrogen) atoms. The van der Waals surface area contributed by atoms with Gasteiger partial charge >= 0.3 is 0 Å². The van der Waals surface area contributed by atoms with Crippen molar-refractivity contribution in [2.45, 2.75) is 26.3 Å². The van der Waals surface area contributed by atoms with Crippen LogP contribution in [0.3, 0.4) is 0 Å². The number of rotatable bonds is 4. The van der Waals surface area contributed by atoms with Gasteiger partial charge in [-0.05, 0) is 62.2 Å². The first-order valence-corrected chi connectivity index (χ1v) is 10.5. The molecular formula is C18H19BrN2O3S. The predicted octanol–water partition coefficient (Wildman–Crippen LogP) is 3.80. The monoisotopic (exact) mass is 422 g/mol. The van der Waals surface area contributed by atoms with Gasteiger partial charge in [-0.25, -0.2) is 8.42 Å². The van der Waals surface area contributed by atoms with E-state index in [2.05, 4.69) is 20.7 Å². The number of hydrogen-bond acceptors (Lipinski definition) is 3. The molecule has 3 rings (SSSR count). The largest absolute Gasteiger partial charge is 0.305 e. The Morgan fingerprint density at radius 2 is 2.04 bits per heavy atom. The van der Waals surface area contributed by atoms with Crippen molar-refractivity contribution in [1.29, 1.82) is 0 Å². The van der Waals surface area contributed by atoms with E-state index in [1.54, 1.807) is 36.1 Å². The second-order valence-electron chi connectivity index (χ2n) is 6.09. The van der Waals surface area contributed by atoms with Gasteiger partial charge in [-0.2, -0.15) is 0 Å². The van der Waals surface area contributed by atoms with E-state index in [4.69, 9.17) is 0 Å². The Hall–Kier alpha value is -1.86. The molecule has 1 aliphatic heterocycles. The van der Waals surface area contributed by atoms with Gasteiger partial charge in [-0.3, -0.25) is 9.52 Å². The summed E-state index contributed by atoms with van der Waals surface area (Å²) in [6.45, 7) is 3.58. The maximum Gasteiger partial charge on any atom is 0.258 e. The predicted molar refractivity (Wildman–Crippen MR) is 104 cm³/mol. The first-order valence-electron chi connectivity index (χ1n) is 8.03. The molecule has 1 aliphatic rings. The summed E-state index contributed by atoms with van der Waals surface area (Å²) in [5.41, 5.74) is 2.88. The van der Waals surface area contributed by atoms with Crippen LogP contribution in [0.2, 0.25) is 0 Å². The van der Waals surface area contributed by atoms with Crippen molar-refractivity contribution in [3.05, 3.63) is 58.1 Å². The number of nitrogens with zero attached hydrogens (tertiary/aromatic N) is 1. The van der Waals surface area contributed by atoms with Gasteiger partial charge in [0, 0.05) is 27.5 Å². The Morgan fingerprint density at radius 1 is 1.28 bits per heavy atom. The number of anilines is 2. The average Bonchev–Trinajstić information content (AvgIpc) is 2.89. The van der Waals surface area contributed by atoms with Crippen LogP contribution in [0, 0.1) is 0 Å². The van der Waals surface area contributed by atoms with Gasteiger partial charge in [-0.1, -0.05) is 22.0 Å². The molecule has 2 aromatic carbocycles. The van der Waals surface area contributed by atoms with E-state index in [-0.39, 0.29) is 17.7 Å². The lowest BCUT2D eigenvalue weighted by molar-refractivity contribution is 0.0981. The van der Waals surface area contributed by atoms with Crippen LogP contribution in [-0.4, -0.2) is 26.1 Å². The van der Waals surface area contributed by atoms with Crippen LogP contribution in [0.1, 0.15) is 29.8 Å². The summed E-state index contributed by atoms with van der Waals surface area (Å²) in [4.78, 5) is 14.8. The average molecular weight is 423 g/mol. The molecule has 0 saturated heterocycles. The second-order valence-corrected chi connectivity index (χ2v) is 9.01. The summed E-state index contributed by atoms with van der Waals surface area (Å²) >= 11 is 3.46. The molecule has 7 heteroatoms. The summed E-state index contributed by atoms with van der Waals surface area (Å²) in [5.74, 6) is -0.150. The summed E-state index contributed by atoms with van der Waals surface area (Å²) in [6, 6.07) is 12.5. The second kappa shape index (κ2) is 6.80. The zero-order valence-electron chi connectivity index (χ0n) is 14.0. The number of fused-ring (bicyclic) bond motifs is 1. The molecule has 0 aliphatic carbocycles.